The second-order valence-electron chi connectivity index (χ2n) is 6.38. The highest BCUT2D eigenvalue weighted by atomic mass is 19.4. The minimum Gasteiger partial charge on any atom is -0.619 e. The van der Waals surface area contributed by atoms with Gasteiger partial charge in [-0.1, -0.05) is 0 Å². The van der Waals surface area contributed by atoms with E-state index in [0.29, 0.717) is 16.9 Å². The number of pyridine rings is 1. The number of aliphatic hydroxyl groups excluding tert-OH is 1. The summed E-state index contributed by atoms with van der Waals surface area (Å²) in [5.74, 6) is -2.39. The van der Waals surface area contributed by atoms with Crippen molar-refractivity contribution in [3.05, 3.63) is 83.1 Å². The third-order valence-electron chi connectivity index (χ3n) is 4.06. The number of nitrogens with one attached hydrogen (secondary N) is 1. The van der Waals surface area contributed by atoms with Crippen LogP contribution in [0.2, 0.25) is 0 Å². The zero-order valence-corrected chi connectivity index (χ0v) is 16.2. The maximum absolute atomic E-state index is 13.6. The van der Waals surface area contributed by atoms with Gasteiger partial charge >= 0.3 is 6.18 Å². The number of benzene rings is 2. The number of rotatable bonds is 7. The quantitative estimate of drug-likeness (QED) is 0.322. The van der Waals surface area contributed by atoms with Gasteiger partial charge < -0.3 is 25.1 Å². The summed E-state index contributed by atoms with van der Waals surface area (Å²) in [6.45, 7) is -0.622. The Hall–Kier alpha value is -3.86. The van der Waals surface area contributed by atoms with E-state index in [9.17, 15) is 27.6 Å². The van der Waals surface area contributed by atoms with Crippen molar-refractivity contribution in [3.8, 4) is 17.2 Å². The second-order valence-corrected chi connectivity index (χ2v) is 6.38. The van der Waals surface area contributed by atoms with Crippen LogP contribution >= 0.6 is 0 Å². The number of hydrogen-bond donors (Lipinski definition) is 2. The zero-order chi connectivity index (χ0) is 23.3. The van der Waals surface area contributed by atoms with Crippen molar-refractivity contribution in [1.29, 1.82) is 0 Å². The van der Waals surface area contributed by atoms with E-state index in [2.05, 4.69) is 5.32 Å². The fraction of sp³-hybridized carbons (Fsp3) is 0.143. The van der Waals surface area contributed by atoms with E-state index >= 15 is 0 Å². The minimum atomic E-state index is -4.72. The van der Waals surface area contributed by atoms with E-state index in [0.717, 1.165) is 30.5 Å². The lowest BCUT2D eigenvalue weighted by Gasteiger charge is -2.16. The maximum atomic E-state index is 13.6. The predicted molar refractivity (Wildman–Crippen MR) is 104 cm³/mol. The van der Waals surface area contributed by atoms with Gasteiger partial charge in [-0.15, -0.1) is 0 Å². The summed E-state index contributed by atoms with van der Waals surface area (Å²) in [7, 11) is 0. The third-order valence-corrected chi connectivity index (χ3v) is 4.06. The van der Waals surface area contributed by atoms with E-state index in [-0.39, 0.29) is 29.4 Å². The van der Waals surface area contributed by atoms with Crippen LogP contribution in [-0.2, 0) is 6.18 Å². The van der Waals surface area contributed by atoms with Gasteiger partial charge in [0.1, 0.15) is 23.9 Å². The van der Waals surface area contributed by atoms with Crippen LogP contribution in [0.15, 0.2) is 60.9 Å². The van der Waals surface area contributed by atoms with E-state index in [1.165, 1.54) is 18.3 Å². The molecule has 1 heterocycles. The number of aromatic nitrogens is 1. The van der Waals surface area contributed by atoms with Gasteiger partial charge in [-0.05, 0) is 36.4 Å². The third kappa shape index (κ3) is 5.64. The number of carbonyl (C=O) groups excluding carboxylic acids is 1. The Morgan fingerprint density at radius 2 is 1.88 bits per heavy atom. The van der Waals surface area contributed by atoms with Crippen molar-refractivity contribution in [3.63, 3.8) is 0 Å². The molecule has 32 heavy (non-hydrogen) atoms. The molecule has 7 nitrogen and oxygen atoms in total. The number of aliphatic hydroxyl groups is 1. The highest BCUT2D eigenvalue weighted by Crippen LogP contribution is 2.38. The van der Waals surface area contributed by atoms with Crippen LogP contribution in [0.25, 0.3) is 0 Å². The number of amides is 1. The Kier molecular flexibility index (Phi) is 6.79. The monoisotopic (exact) mass is 452 g/mol. The first-order valence-electron chi connectivity index (χ1n) is 9.10. The average Bonchev–Trinajstić information content (AvgIpc) is 2.73. The highest BCUT2D eigenvalue weighted by molar-refractivity contribution is 6.06. The molecule has 2 N–H and O–H groups in total. The Morgan fingerprint density at radius 1 is 1.09 bits per heavy atom. The topological polar surface area (TPSA) is 94.7 Å². The smallest absolute Gasteiger partial charge is 0.416 e. The molecule has 0 aliphatic carbocycles. The van der Waals surface area contributed by atoms with Crippen LogP contribution in [0.5, 0.6) is 17.2 Å². The number of halogens is 4. The molecule has 168 valence electrons. The van der Waals surface area contributed by atoms with Crippen molar-refractivity contribution in [1.82, 2.24) is 0 Å². The lowest BCUT2D eigenvalue weighted by atomic mass is 10.1. The molecule has 11 heteroatoms. The lowest BCUT2D eigenvalue weighted by Crippen LogP contribution is -2.25. The Bertz CT molecular complexity index is 1120. The average molecular weight is 452 g/mol. The van der Waals surface area contributed by atoms with Gasteiger partial charge in [0.2, 0.25) is 6.20 Å². The molecule has 0 spiro atoms. The van der Waals surface area contributed by atoms with E-state index in [1.807, 2.05) is 0 Å². The molecule has 0 aliphatic rings. The summed E-state index contributed by atoms with van der Waals surface area (Å²) >= 11 is 0. The summed E-state index contributed by atoms with van der Waals surface area (Å²) in [4.78, 5) is 12.7. The maximum Gasteiger partial charge on any atom is 0.416 e. The van der Waals surface area contributed by atoms with Crippen LogP contribution in [-0.4, -0.2) is 24.2 Å². The van der Waals surface area contributed by atoms with Crippen LogP contribution in [0.4, 0.5) is 23.2 Å². The van der Waals surface area contributed by atoms with Gasteiger partial charge in [0, 0.05) is 12.1 Å². The van der Waals surface area contributed by atoms with E-state index in [4.69, 9.17) is 14.6 Å². The molecule has 0 atom stereocenters. The number of carbonyl (C=O) groups is 1. The van der Waals surface area contributed by atoms with Gasteiger partial charge in [-0.25, -0.2) is 4.39 Å². The first-order valence-corrected chi connectivity index (χ1v) is 9.10. The molecule has 2 aromatic carbocycles. The Balaban J connectivity index is 2.00. The molecule has 1 aromatic heterocycles. The number of nitrogens with zero attached hydrogens (tertiary/aromatic N) is 1. The van der Waals surface area contributed by atoms with Crippen LogP contribution < -0.4 is 19.5 Å². The molecule has 0 saturated heterocycles. The van der Waals surface area contributed by atoms with Crippen molar-refractivity contribution in [2.45, 2.75) is 6.18 Å². The molecule has 3 rings (SSSR count). The number of hydrogen-bond acceptors (Lipinski definition) is 5. The SMILES string of the molecule is O=C(Nc1ccc[n+]([O-])c1)c1ccc(C(F)(F)F)cc1Oc1ccc(F)cc1OCCO. The standard InChI is InChI=1S/C21H16F4N2O5/c22-14-4-6-17(19(11-14)31-9-8-28)32-18-10-13(21(23,24)25)3-5-16(18)20(29)26-15-2-1-7-27(30)12-15/h1-7,10-12,28H,8-9H2,(H,26,29). The molecule has 0 aliphatic heterocycles. The van der Waals surface area contributed by atoms with E-state index in [1.54, 1.807) is 0 Å². The van der Waals surface area contributed by atoms with Gasteiger partial charge in [0.05, 0.1) is 17.7 Å². The first kappa shape index (κ1) is 22.8. The van der Waals surface area contributed by atoms with Crippen molar-refractivity contribution >= 4 is 11.6 Å². The largest absolute Gasteiger partial charge is 0.619 e. The molecule has 0 radical (unpaired) electrons. The molecule has 0 unspecified atom stereocenters. The fourth-order valence-electron chi connectivity index (χ4n) is 2.65. The molecule has 0 saturated carbocycles. The number of anilines is 1. The second kappa shape index (κ2) is 9.52. The van der Waals surface area contributed by atoms with Gasteiger partial charge in [-0.3, -0.25) is 4.79 Å². The summed E-state index contributed by atoms with van der Waals surface area (Å²) in [5.41, 5.74) is -1.26. The molecule has 3 aromatic rings. The van der Waals surface area contributed by atoms with Crippen molar-refractivity contribution in [2.24, 2.45) is 0 Å². The lowest BCUT2D eigenvalue weighted by molar-refractivity contribution is -0.604. The number of ether oxygens (including phenoxy) is 2. The zero-order valence-electron chi connectivity index (χ0n) is 16.2. The summed E-state index contributed by atoms with van der Waals surface area (Å²) < 4.78 is 64.4. The summed E-state index contributed by atoms with van der Waals surface area (Å²) in [5, 5.41) is 22.7. The number of alkyl halides is 3. The fourth-order valence-corrected chi connectivity index (χ4v) is 2.65. The van der Waals surface area contributed by atoms with Crippen molar-refractivity contribution < 1.29 is 41.7 Å². The van der Waals surface area contributed by atoms with Crippen molar-refractivity contribution in [2.75, 3.05) is 18.5 Å². The van der Waals surface area contributed by atoms with Gasteiger partial charge in [0.25, 0.3) is 5.91 Å². The van der Waals surface area contributed by atoms with Crippen LogP contribution in [0.1, 0.15) is 15.9 Å². The molecule has 1 amide bonds. The molecule has 0 bridgehead atoms. The van der Waals surface area contributed by atoms with Crippen LogP contribution in [0, 0.1) is 11.0 Å². The first-order chi connectivity index (χ1) is 15.2. The molecular formula is C21H16F4N2O5. The molecule has 0 fully saturated rings. The summed E-state index contributed by atoms with van der Waals surface area (Å²) in [6, 6.07) is 8.05. The van der Waals surface area contributed by atoms with Gasteiger partial charge in [0.15, 0.2) is 17.7 Å². The highest BCUT2D eigenvalue weighted by Gasteiger charge is 2.32. The normalized spacial score (nSPS) is 11.2. The summed E-state index contributed by atoms with van der Waals surface area (Å²) in [6.07, 6.45) is -2.48. The van der Waals surface area contributed by atoms with Gasteiger partial charge in [-0.2, -0.15) is 17.9 Å². The van der Waals surface area contributed by atoms with E-state index < -0.39 is 35.8 Å². The Morgan fingerprint density at radius 3 is 2.56 bits per heavy atom. The predicted octanol–water partition coefficient (Wildman–Crippen LogP) is 3.89. The molecular weight excluding hydrogens is 436 g/mol. The van der Waals surface area contributed by atoms with Crippen LogP contribution in [0.3, 0.4) is 0 Å². The Labute approximate surface area is 179 Å². The minimum absolute atomic E-state index is 0.104.